The molecule has 2 aliphatic carbocycles. The van der Waals surface area contributed by atoms with Crippen LogP contribution in [-0.4, -0.2) is 49.2 Å². The number of carbonyl (C=O) groups is 1. The number of morpholine rings is 1. The number of carbonyl (C=O) groups excluding carboxylic acids is 1. The van der Waals surface area contributed by atoms with Gasteiger partial charge in [-0.3, -0.25) is 9.69 Å². The maximum atomic E-state index is 13.5. The third-order valence-electron chi connectivity index (χ3n) is 7.33. The van der Waals surface area contributed by atoms with Crippen LogP contribution in [0.3, 0.4) is 0 Å². The van der Waals surface area contributed by atoms with Crippen molar-refractivity contribution < 1.29 is 13.9 Å². The first kappa shape index (κ1) is 19.8. The van der Waals surface area contributed by atoms with Crippen molar-refractivity contribution in [2.45, 2.75) is 68.7 Å². The van der Waals surface area contributed by atoms with Gasteiger partial charge in [0.1, 0.15) is 5.82 Å². The van der Waals surface area contributed by atoms with Gasteiger partial charge in [0.2, 0.25) is 5.91 Å². The number of benzene rings is 1. The van der Waals surface area contributed by atoms with Gasteiger partial charge in [0.15, 0.2) is 0 Å². The number of hydrogen-bond donors (Lipinski definition) is 1. The van der Waals surface area contributed by atoms with E-state index in [9.17, 15) is 9.18 Å². The van der Waals surface area contributed by atoms with E-state index in [0.29, 0.717) is 0 Å². The van der Waals surface area contributed by atoms with E-state index < -0.39 is 5.41 Å². The average Bonchev–Trinajstić information content (AvgIpc) is 3.25. The van der Waals surface area contributed by atoms with Crippen molar-refractivity contribution in [3.8, 4) is 0 Å². The molecule has 5 heteroatoms. The molecule has 0 bridgehead atoms. The third-order valence-corrected chi connectivity index (χ3v) is 7.33. The summed E-state index contributed by atoms with van der Waals surface area (Å²) in [6, 6.07) is 6.58. The van der Waals surface area contributed by atoms with Crippen LogP contribution in [0.4, 0.5) is 4.39 Å². The lowest BCUT2D eigenvalue weighted by Gasteiger charge is -2.48. The lowest BCUT2D eigenvalue weighted by molar-refractivity contribution is -0.128. The summed E-state index contributed by atoms with van der Waals surface area (Å²) in [6.07, 6.45) is 9.88. The number of hydrogen-bond acceptors (Lipinski definition) is 3. The van der Waals surface area contributed by atoms with E-state index in [-0.39, 0.29) is 17.3 Å². The van der Waals surface area contributed by atoms with Crippen molar-refractivity contribution in [1.82, 2.24) is 10.2 Å². The molecule has 1 aromatic rings. The molecule has 1 saturated heterocycles. The molecular weight excluding hydrogens is 355 g/mol. The number of ether oxygens (including phenoxy) is 1. The second-order valence-electron chi connectivity index (χ2n) is 8.86. The van der Waals surface area contributed by atoms with Crippen LogP contribution in [0.25, 0.3) is 0 Å². The molecule has 3 fully saturated rings. The molecule has 4 nitrogen and oxygen atoms in total. The maximum absolute atomic E-state index is 13.5. The lowest BCUT2D eigenvalue weighted by Crippen LogP contribution is -2.60. The highest BCUT2D eigenvalue weighted by Gasteiger charge is 2.45. The van der Waals surface area contributed by atoms with Gasteiger partial charge in [0.25, 0.3) is 0 Å². The molecule has 154 valence electrons. The molecule has 4 rings (SSSR count). The van der Waals surface area contributed by atoms with E-state index in [2.05, 4.69) is 10.2 Å². The Labute approximate surface area is 167 Å². The zero-order valence-corrected chi connectivity index (χ0v) is 16.9. The number of nitrogens with zero attached hydrogens (tertiary/aromatic N) is 1. The second-order valence-corrected chi connectivity index (χ2v) is 8.86. The molecule has 0 radical (unpaired) electrons. The van der Waals surface area contributed by atoms with E-state index in [0.717, 1.165) is 76.9 Å². The van der Waals surface area contributed by atoms with Gasteiger partial charge < -0.3 is 10.1 Å². The zero-order valence-electron chi connectivity index (χ0n) is 16.9. The highest BCUT2D eigenvalue weighted by Crippen LogP contribution is 2.42. The Hall–Kier alpha value is -1.46. The minimum absolute atomic E-state index is 0.0697. The van der Waals surface area contributed by atoms with Gasteiger partial charge in [-0.2, -0.15) is 0 Å². The van der Waals surface area contributed by atoms with Gasteiger partial charge >= 0.3 is 0 Å². The summed E-state index contributed by atoms with van der Waals surface area (Å²) in [7, 11) is 0. The molecule has 1 aromatic carbocycles. The van der Waals surface area contributed by atoms with Crippen LogP contribution in [-0.2, 0) is 14.9 Å². The summed E-state index contributed by atoms with van der Waals surface area (Å²) in [5, 5.41) is 3.37. The van der Waals surface area contributed by atoms with Gasteiger partial charge in [-0.1, -0.05) is 44.2 Å². The molecule has 1 heterocycles. The number of rotatable bonds is 5. The van der Waals surface area contributed by atoms with Gasteiger partial charge in [-0.15, -0.1) is 0 Å². The fraction of sp³-hybridized carbons (Fsp3) is 0.696. The van der Waals surface area contributed by atoms with Crippen LogP contribution in [0, 0.1) is 5.82 Å². The minimum atomic E-state index is -0.492. The molecule has 2 saturated carbocycles. The Morgan fingerprint density at radius 3 is 2.21 bits per heavy atom. The van der Waals surface area contributed by atoms with E-state index in [1.807, 2.05) is 0 Å². The molecule has 1 amide bonds. The van der Waals surface area contributed by atoms with Crippen LogP contribution in [0.5, 0.6) is 0 Å². The van der Waals surface area contributed by atoms with Crippen LogP contribution in [0.1, 0.15) is 63.4 Å². The monoisotopic (exact) mass is 388 g/mol. The van der Waals surface area contributed by atoms with Crippen molar-refractivity contribution in [1.29, 1.82) is 0 Å². The van der Waals surface area contributed by atoms with E-state index in [4.69, 9.17) is 4.74 Å². The first-order valence-corrected chi connectivity index (χ1v) is 11.0. The lowest BCUT2D eigenvalue weighted by atomic mass is 9.76. The Bertz CT molecular complexity index is 658. The van der Waals surface area contributed by atoms with Crippen LogP contribution < -0.4 is 5.32 Å². The standard InChI is InChI=1S/C23H33FN2O2/c24-20-8-6-19(7-9-20)23(12-4-5-13-23)21(27)25-18-22(10-2-1-3-11-22)26-14-16-28-17-15-26/h6-9H,1-5,10-18H2,(H,25,27). The summed E-state index contributed by atoms with van der Waals surface area (Å²) in [5.41, 5.74) is 0.544. The Kier molecular flexibility index (Phi) is 6.02. The predicted octanol–water partition coefficient (Wildman–Crippen LogP) is 3.79. The van der Waals surface area contributed by atoms with Gasteiger partial charge in [-0.05, 0) is 43.4 Å². The minimum Gasteiger partial charge on any atom is -0.379 e. The summed E-state index contributed by atoms with van der Waals surface area (Å²) >= 11 is 0. The van der Waals surface area contributed by atoms with Crippen molar-refractivity contribution >= 4 is 5.91 Å². The normalized spacial score (nSPS) is 24.8. The Balaban J connectivity index is 1.51. The van der Waals surface area contributed by atoms with Crippen molar-refractivity contribution in [3.05, 3.63) is 35.6 Å². The molecule has 0 spiro atoms. The van der Waals surface area contributed by atoms with Gasteiger partial charge in [0.05, 0.1) is 18.6 Å². The van der Waals surface area contributed by atoms with Crippen LogP contribution >= 0.6 is 0 Å². The summed E-state index contributed by atoms with van der Waals surface area (Å²) < 4.78 is 19.0. The summed E-state index contributed by atoms with van der Waals surface area (Å²) in [4.78, 5) is 16.0. The zero-order chi connectivity index (χ0) is 19.5. The third kappa shape index (κ3) is 3.84. The molecule has 1 aliphatic heterocycles. The van der Waals surface area contributed by atoms with Gasteiger partial charge in [0, 0.05) is 25.2 Å². The van der Waals surface area contributed by atoms with Crippen molar-refractivity contribution in [2.24, 2.45) is 0 Å². The van der Waals surface area contributed by atoms with Crippen molar-refractivity contribution in [3.63, 3.8) is 0 Å². The number of nitrogens with one attached hydrogen (secondary N) is 1. The van der Waals surface area contributed by atoms with Crippen molar-refractivity contribution in [2.75, 3.05) is 32.8 Å². The molecule has 0 aromatic heterocycles. The second kappa shape index (κ2) is 8.50. The SMILES string of the molecule is O=C(NCC1(N2CCOCC2)CCCCC1)C1(c2ccc(F)cc2)CCCC1. The predicted molar refractivity (Wildman–Crippen MR) is 108 cm³/mol. The Morgan fingerprint density at radius 1 is 0.964 bits per heavy atom. The van der Waals surface area contributed by atoms with E-state index in [1.54, 1.807) is 12.1 Å². The fourth-order valence-electron chi connectivity index (χ4n) is 5.66. The smallest absolute Gasteiger partial charge is 0.230 e. The van der Waals surface area contributed by atoms with Gasteiger partial charge in [-0.25, -0.2) is 4.39 Å². The Morgan fingerprint density at radius 2 is 1.57 bits per heavy atom. The van der Waals surface area contributed by atoms with E-state index >= 15 is 0 Å². The fourth-order valence-corrected chi connectivity index (χ4v) is 5.66. The van der Waals surface area contributed by atoms with Crippen LogP contribution in [0.15, 0.2) is 24.3 Å². The quantitative estimate of drug-likeness (QED) is 0.834. The van der Waals surface area contributed by atoms with E-state index in [1.165, 1.54) is 31.4 Å². The highest BCUT2D eigenvalue weighted by atomic mass is 19.1. The molecule has 3 aliphatic rings. The van der Waals surface area contributed by atoms with Crippen LogP contribution in [0.2, 0.25) is 0 Å². The number of amides is 1. The maximum Gasteiger partial charge on any atom is 0.230 e. The first-order valence-electron chi connectivity index (χ1n) is 11.0. The summed E-state index contributed by atoms with van der Waals surface area (Å²) in [6.45, 7) is 4.21. The summed E-state index contributed by atoms with van der Waals surface area (Å²) in [5.74, 6) is -0.111. The largest absolute Gasteiger partial charge is 0.379 e. The highest BCUT2D eigenvalue weighted by molar-refractivity contribution is 5.88. The molecule has 0 atom stereocenters. The molecule has 0 unspecified atom stereocenters. The first-order chi connectivity index (χ1) is 13.6. The molecular formula is C23H33FN2O2. The topological polar surface area (TPSA) is 41.6 Å². The molecule has 1 N–H and O–H groups in total. The average molecular weight is 389 g/mol. The number of halogens is 1. The molecule has 28 heavy (non-hydrogen) atoms.